The van der Waals surface area contributed by atoms with Crippen LogP contribution in [0.25, 0.3) is 11.0 Å². The standard InChI is InChI=1S/C23H27FN2O3/c1-2-16-4-7-21(20(27)14-16)28-13-3-10-26-11-8-17(9-12-26)23-19-6-5-18(24)15-22(19)29-25-23/h4-7,14-15,17,27H,2-3,8-13H2,1H3. The molecule has 3 aromatic rings. The fourth-order valence-electron chi connectivity index (χ4n) is 4.03. The van der Waals surface area contributed by atoms with Crippen molar-refractivity contribution in [2.24, 2.45) is 0 Å². The van der Waals surface area contributed by atoms with Gasteiger partial charge in [-0.1, -0.05) is 18.1 Å². The first kappa shape index (κ1) is 19.7. The van der Waals surface area contributed by atoms with Crippen LogP contribution in [0, 0.1) is 5.82 Å². The van der Waals surface area contributed by atoms with Crippen LogP contribution >= 0.6 is 0 Å². The topological polar surface area (TPSA) is 58.7 Å². The predicted octanol–water partition coefficient (Wildman–Crippen LogP) is 4.88. The monoisotopic (exact) mass is 398 g/mol. The number of fused-ring (bicyclic) bond motifs is 1. The van der Waals surface area contributed by atoms with E-state index < -0.39 is 0 Å². The quantitative estimate of drug-likeness (QED) is 0.575. The number of aromatic nitrogens is 1. The Kier molecular flexibility index (Phi) is 6.00. The average molecular weight is 398 g/mol. The summed E-state index contributed by atoms with van der Waals surface area (Å²) in [5, 5.41) is 15.1. The van der Waals surface area contributed by atoms with E-state index in [1.54, 1.807) is 12.1 Å². The summed E-state index contributed by atoms with van der Waals surface area (Å²) in [5.74, 6) is 0.815. The van der Waals surface area contributed by atoms with Gasteiger partial charge in [-0.05, 0) is 68.6 Å². The van der Waals surface area contributed by atoms with E-state index in [9.17, 15) is 9.50 Å². The lowest BCUT2D eigenvalue weighted by atomic mass is 9.91. The highest BCUT2D eigenvalue weighted by Gasteiger charge is 2.25. The predicted molar refractivity (Wildman–Crippen MR) is 110 cm³/mol. The summed E-state index contributed by atoms with van der Waals surface area (Å²) in [6.07, 6.45) is 3.83. The second-order valence-corrected chi connectivity index (χ2v) is 7.68. The van der Waals surface area contributed by atoms with Crippen LogP contribution in [0.15, 0.2) is 40.9 Å². The summed E-state index contributed by atoms with van der Waals surface area (Å²) < 4.78 is 24.4. The minimum atomic E-state index is -0.299. The van der Waals surface area contributed by atoms with Crippen molar-refractivity contribution in [3.05, 3.63) is 53.5 Å². The smallest absolute Gasteiger partial charge is 0.170 e. The number of phenols is 1. The maximum Gasteiger partial charge on any atom is 0.170 e. The molecule has 0 amide bonds. The second-order valence-electron chi connectivity index (χ2n) is 7.68. The van der Waals surface area contributed by atoms with Crippen LogP contribution in [-0.4, -0.2) is 41.4 Å². The fourth-order valence-corrected chi connectivity index (χ4v) is 4.03. The molecule has 1 aliphatic heterocycles. The molecule has 0 bridgehead atoms. The average Bonchev–Trinajstić information content (AvgIpc) is 3.15. The molecule has 1 N–H and O–H groups in total. The van der Waals surface area contributed by atoms with Crippen molar-refractivity contribution in [3.8, 4) is 11.5 Å². The van der Waals surface area contributed by atoms with Gasteiger partial charge in [-0.2, -0.15) is 0 Å². The molecule has 6 heteroatoms. The molecule has 0 atom stereocenters. The Morgan fingerprint density at radius 3 is 2.79 bits per heavy atom. The van der Waals surface area contributed by atoms with Crippen LogP contribution in [0.2, 0.25) is 0 Å². The van der Waals surface area contributed by atoms with Gasteiger partial charge >= 0.3 is 0 Å². The zero-order chi connectivity index (χ0) is 20.2. The molecule has 0 spiro atoms. The third-order valence-corrected chi connectivity index (χ3v) is 5.74. The van der Waals surface area contributed by atoms with Crippen molar-refractivity contribution >= 4 is 11.0 Å². The summed E-state index contributed by atoms with van der Waals surface area (Å²) in [4.78, 5) is 2.43. The summed E-state index contributed by atoms with van der Waals surface area (Å²) in [6, 6.07) is 10.2. The van der Waals surface area contributed by atoms with Crippen LogP contribution in [0.4, 0.5) is 4.39 Å². The van der Waals surface area contributed by atoms with Crippen LogP contribution in [0.3, 0.4) is 0 Å². The van der Waals surface area contributed by atoms with Crippen LogP contribution in [0.1, 0.15) is 43.4 Å². The van der Waals surface area contributed by atoms with Gasteiger partial charge in [-0.25, -0.2) is 4.39 Å². The minimum absolute atomic E-state index is 0.213. The van der Waals surface area contributed by atoms with Gasteiger partial charge in [0.05, 0.1) is 12.3 Å². The van der Waals surface area contributed by atoms with Gasteiger partial charge in [0.25, 0.3) is 0 Å². The van der Waals surface area contributed by atoms with E-state index in [0.29, 0.717) is 23.9 Å². The first-order chi connectivity index (χ1) is 14.1. The Morgan fingerprint density at radius 2 is 2.03 bits per heavy atom. The molecule has 1 saturated heterocycles. The first-order valence-electron chi connectivity index (χ1n) is 10.4. The maximum atomic E-state index is 13.3. The molecule has 4 rings (SSSR count). The third-order valence-electron chi connectivity index (χ3n) is 5.74. The number of aromatic hydroxyl groups is 1. The van der Waals surface area contributed by atoms with E-state index in [4.69, 9.17) is 9.26 Å². The van der Waals surface area contributed by atoms with E-state index in [1.807, 2.05) is 12.1 Å². The molecular weight excluding hydrogens is 371 g/mol. The van der Waals surface area contributed by atoms with Crippen molar-refractivity contribution in [2.75, 3.05) is 26.2 Å². The molecule has 2 aromatic carbocycles. The zero-order valence-electron chi connectivity index (χ0n) is 16.7. The normalized spacial score (nSPS) is 15.8. The number of piperidine rings is 1. The van der Waals surface area contributed by atoms with Crippen molar-refractivity contribution < 1.29 is 18.8 Å². The number of likely N-dealkylation sites (tertiary alicyclic amines) is 1. The molecule has 0 unspecified atom stereocenters. The highest BCUT2D eigenvalue weighted by molar-refractivity contribution is 5.79. The highest BCUT2D eigenvalue weighted by Crippen LogP contribution is 2.33. The number of hydrogen-bond donors (Lipinski definition) is 1. The van der Waals surface area contributed by atoms with Gasteiger partial charge < -0.3 is 19.3 Å². The lowest BCUT2D eigenvalue weighted by Crippen LogP contribution is -2.34. The van der Waals surface area contributed by atoms with Crippen LogP contribution in [0.5, 0.6) is 11.5 Å². The Labute approximate surface area is 170 Å². The molecule has 0 saturated carbocycles. The molecule has 0 aliphatic carbocycles. The Bertz CT molecular complexity index is 964. The molecular formula is C23H27FN2O3. The molecule has 29 heavy (non-hydrogen) atoms. The number of benzene rings is 2. The number of rotatable bonds is 7. The van der Waals surface area contributed by atoms with Gasteiger partial charge in [0.15, 0.2) is 17.1 Å². The van der Waals surface area contributed by atoms with Crippen molar-refractivity contribution in [3.63, 3.8) is 0 Å². The number of phenolic OH excluding ortho intramolecular Hbond substituents is 1. The van der Waals surface area contributed by atoms with Gasteiger partial charge in [0.2, 0.25) is 0 Å². The summed E-state index contributed by atoms with van der Waals surface area (Å²) in [7, 11) is 0. The molecule has 1 aliphatic rings. The first-order valence-corrected chi connectivity index (χ1v) is 10.4. The van der Waals surface area contributed by atoms with E-state index in [0.717, 1.165) is 62.0 Å². The SMILES string of the molecule is CCc1ccc(OCCCN2CCC(c3noc4cc(F)ccc34)CC2)c(O)c1. The molecule has 154 valence electrons. The number of ether oxygens (including phenoxy) is 1. The van der Waals surface area contributed by atoms with Crippen LogP contribution < -0.4 is 4.74 Å². The molecule has 1 aromatic heterocycles. The Morgan fingerprint density at radius 1 is 1.21 bits per heavy atom. The zero-order valence-corrected chi connectivity index (χ0v) is 16.7. The Hall–Kier alpha value is -2.60. The molecule has 1 fully saturated rings. The lowest BCUT2D eigenvalue weighted by molar-refractivity contribution is 0.189. The molecule has 5 nitrogen and oxygen atoms in total. The van der Waals surface area contributed by atoms with Gasteiger partial charge in [-0.15, -0.1) is 0 Å². The second kappa shape index (κ2) is 8.82. The summed E-state index contributed by atoms with van der Waals surface area (Å²) >= 11 is 0. The number of halogens is 1. The fraction of sp³-hybridized carbons (Fsp3) is 0.435. The third kappa shape index (κ3) is 4.53. The number of hydrogen-bond acceptors (Lipinski definition) is 5. The summed E-state index contributed by atoms with van der Waals surface area (Å²) in [6.45, 7) is 5.60. The van der Waals surface area contributed by atoms with Gasteiger partial charge in [0.1, 0.15) is 5.82 Å². The maximum absolute atomic E-state index is 13.3. The van der Waals surface area contributed by atoms with E-state index in [2.05, 4.69) is 17.0 Å². The summed E-state index contributed by atoms with van der Waals surface area (Å²) in [5.41, 5.74) is 2.58. The van der Waals surface area contributed by atoms with Crippen molar-refractivity contribution in [1.82, 2.24) is 10.1 Å². The van der Waals surface area contributed by atoms with Gasteiger partial charge in [-0.3, -0.25) is 0 Å². The van der Waals surface area contributed by atoms with E-state index >= 15 is 0 Å². The van der Waals surface area contributed by atoms with E-state index in [-0.39, 0.29) is 11.6 Å². The number of aryl methyl sites for hydroxylation is 1. The largest absolute Gasteiger partial charge is 0.504 e. The number of nitrogens with zero attached hydrogens (tertiary/aromatic N) is 2. The van der Waals surface area contributed by atoms with Gasteiger partial charge in [0, 0.05) is 23.9 Å². The van der Waals surface area contributed by atoms with Crippen molar-refractivity contribution in [2.45, 2.75) is 38.5 Å². The Balaban J connectivity index is 1.23. The highest BCUT2D eigenvalue weighted by atomic mass is 19.1. The van der Waals surface area contributed by atoms with E-state index in [1.165, 1.54) is 12.1 Å². The minimum Gasteiger partial charge on any atom is -0.504 e. The molecule has 2 heterocycles. The van der Waals surface area contributed by atoms with Crippen molar-refractivity contribution in [1.29, 1.82) is 0 Å². The molecule has 0 radical (unpaired) electrons. The van der Waals surface area contributed by atoms with Crippen LogP contribution in [-0.2, 0) is 6.42 Å². The lowest BCUT2D eigenvalue weighted by Gasteiger charge is -2.31.